The average molecular weight is 899 g/mol. The van der Waals surface area contributed by atoms with Crippen molar-refractivity contribution in [1.82, 2.24) is 19.5 Å². The monoisotopic (exact) mass is 898 g/mol. The summed E-state index contributed by atoms with van der Waals surface area (Å²) in [5, 5.41) is 9.76. The number of rotatable bonds is 9. The number of para-hydroxylation sites is 3. The van der Waals surface area contributed by atoms with E-state index in [1.54, 1.807) is 0 Å². The first-order valence-corrected chi connectivity index (χ1v) is 25.3. The second-order valence-corrected chi connectivity index (χ2v) is 21.4. The molecule has 3 heterocycles. The number of nitrogens with zero attached hydrogens (tertiary/aromatic N) is 4. The van der Waals surface area contributed by atoms with E-state index in [1.807, 2.05) is 12.1 Å². The minimum atomic E-state index is -2.86. The molecule has 0 spiro atoms. The summed E-state index contributed by atoms with van der Waals surface area (Å²) in [7, 11) is -2.86. The summed E-state index contributed by atoms with van der Waals surface area (Å²) < 4.78 is 8.54. The Balaban J connectivity index is 1.01. The van der Waals surface area contributed by atoms with Gasteiger partial charge in [0.2, 0.25) is 0 Å². The zero-order chi connectivity index (χ0) is 45.7. The summed E-state index contributed by atoms with van der Waals surface area (Å²) in [6, 6.07) is 90.9. The molecule has 10 aromatic carbocycles. The number of benzene rings is 10. The highest BCUT2D eigenvalue weighted by Gasteiger charge is 2.41. The SMILES string of the molecule is c1ccc([Si](c2ccccc2)(c2ccccc2)c2cccc(-c3nc(-c4cccc(-c5ccc6oc7ccccc7c6c5)c4)nc(-c4cccc(-n5c6ccccc6c6ccccc65)c4)n3)c2)cc1. The fourth-order valence-corrected chi connectivity index (χ4v) is 15.2. The quantitative estimate of drug-likeness (QED) is 0.107. The van der Waals surface area contributed by atoms with Gasteiger partial charge >= 0.3 is 0 Å². The Morgan fingerprint density at radius 1 is 0.290 bits per heavy atom. The topological polar surface area (TPSA) is 56.7 Å². The zero-order valence-corrected chi connectivity index (χ0v) is 38.4. The third-order valence-corrected chi connectivity index (χ3v) is 18.4. The zero-order valence-electron chi connectivity index (χ0n) is 37.4. The second kappa shape index (κ2) is 16.7. The first-order valence-electron chi connectivity index (χ1n) is 23.3. The smallest absolute Gasteiger partial charge is 0.179 e. The molecule has 0 radical (unpaired) electrons. The summed E-state index contributed by atoms with van der Waals surface area (Å²) in [5.41, 5.74) is 9.92. The third-order valence-electron chi connectivity index (χ3n) is 13.6. The number of furan rings is 1. The van der Waals surface area contributed by atoms with Gasteiger partial charge in [0.15, 0.2) is 25.5 Å². The molecule has 0 saturated carbocycles. The Bertz CT molecular complexity index is 3880. The van der Waals surface area contributed by atoms with Crippen LogP contribution in [-0.4, -0.2) is 27.6 Å². The highest BCUT2D eigenvalue weighted by Crippen LogP contribution is 2.36. The predicted octanol–water partition coefficient (Wildman–Crippen LogP) is 12.9. The van der Waals surface area contributed by atoms with E-state index >= 15 is 0 Å². The minimum Gasteiger partial charge on any atom is -0.456 e. The lowest BCUT2D eigenvalue weighted by molar-refractivity contribution is 0.669. The number of aromatic nitrogens is 4. The molecule has 6 heteroatoms. The van der Waals surface area contributed by atoms with Crippen molar-refractivity contribution in [1.29, 1.82) is 0 Å². The van der Waals surface area contributed by atoms with E-state index in [2.05, 4.69) is 247 Å². The Hall–Kier alpha value is -8.97. The van der Waals surface area contributed by atoms with Gasteiger partial charge in [-0.15, -0.1) is 0 Å². The van der Waals surface area contributed by atoms with Crippen molar-refractivity contribution in [3.63, 3.8) is 0 Å². The van der Waals surface area contributed by atoms with E-state index in [-0.39, 0.29) is 0 Å². The van der Waals surface area contributed by atoms with Gasteiger partial charge in [-0.2, -0.15) is 0 Å². The lowest BCUT2D eigenvalue weighted by Gasteiger charge is -2.34. The van der Waals surface area contributed by atoms with E-state index in [1.165, 1.54) is 31.5 Å². The Labute approximate surface area is 400 Å². The van der Waals surface area contributed by atoms with Gasteiger partial charge in [-0.25, -0.2) is 15.0 Å². The lowest BCUT2D eigenvalue weighted by atomic mass is 10.0. The van der Waals surface area contributed by atoms with Crippen molar-refractivity contribution in [3.8, 4) is 51.0 Å². The third kappa shape index (κ3) is 6.88. The standard InChI is InChI=1S/C63H42N4OSi/c1-4-24-49(25-5-1)69(50-26-6-2-7-27-50,51-28-8-3-9-29-51)52-30-18-22-47(41-52)63-65-61(45-20-16-19-43(39-45)44-37-38-60-56(42-44)55-33-12-15-36-59(55)68-60)64-62(66-63)46-21-17-23-48(40-46)67-57-34-13-10-31-53(57)54-32-11-14-35-58(54)67/h1-42H. The van der Waals surface area contributed by atoms with E-state index in [9.17, 15) is 0 Å². The van der Waals surface area contributed by atoms with Crippen LogP contribution in [0.5, 0.6) is 0 Å². The van der Waals surface area contributed by atoms with Crippen LogP contribution in [0.15, 0.2) is 259 Å². The van der Waals surface area contributed by atoms with Crippen LogP contribution in [0, 0.1) is 0 Å². The molecular formula is C63H42N4OSi. The van der Waals surface area contributed by atoms with Crippen molar-refractivity contribution in [3.05, 3.63) is 255 Å². The molecule has 0 saturated heterocycles. The lowest BCUT2D eigenvalue weighted by Crippen LogP contribution is -2.74. The molecule has 3 aromatic heterocycles. The van der Waals surface area contributed by atoms with Gasteiger partial charge in [-0.05, 0) is 80.4 Å². The molecule has 0 amide bonds. The first-order chi connectivity index (χ1) is 34.2. The summed E-state index contributed by atoms with van der Waals surface area (Å²) in [6.45, 7) is 0. The highest BCUT2D eigenvalue weighted by atomic mass is 28.3. The van der Waals surface area contributed by atoms with Crippen LogP contribution in [0.25, 0.3) is 94.7 Å². The molecule has 5 nitrogen and oxygen atoms in total. The Morgan fingerprint density at radius 2 is 0.725 bits per heavy atom. The number of fused-ring (bicyclic) bond motifs is 6. The minimum absolute atomic E-state index is 0.594. The fraction of sp³-hybridized carbons (Fsp3) is 0. The van der Waals surface area contributed by atoms with Crippen molar-refractivity contribution in [2.45, 2.75) is 0 Å². The molecule has 13 rings (SSSR count). The molecule has 0 atom stereocenters. The largest absolute Gasteiger partial charge is 0.456 e. The van der Waals surface area contributed by atoms with E-state index in [0.717, 1.165) is 66.5 Å². The van der Waals surface area contributed by atoms with Crippen LogP contribution in [0.1, 0.15) is 0 Å². The Kier molecular flexibility index (Phi) is 9.77. The molecule has 0 aliphatic rings. The van der Waals surface area contributed by atoms with Gasteiger partial charge in [0.05, 0.1) is 11.0 Å². The molecular weight excluding hydrogens is 857 g/mol. The highest BCUT2D eigenvalue weighted by molar-refractivity contribution is 7.19. The predicted molar refractivity (Wildman–Crippen MR) is 287 cm³/mol. The summed E-state index contributed by atoms with van der Waals surface area (Å²) in [5.74, 6) is 1.79. The van der Waals surface area contributed by atoms with Gasteiger partial charge in [0, 0.05) is 43.9 Å². The molecule has 0 fully saturated rings. The molecule has 13 aromatic rings. The van der Waals surface area contributed by atoms with Crippen molar-refractivity contribution >= 4 is 72.6 Å². The molecule has 0 aliphatic heterocycles. The second-order valence-electron chi connectivity index (χ2n) is 17.5. The van der Waals surface area contributed by atoms with Gasteiger partial charge in [-0.1, -0.05) is 206 Å². The van der Waals surface area contributed by atoms with E-state index in [4.69, 9.17) is 19.4 Å². The summed E-state index contributed by atoms with van der Waals surface area (Å²) in [6.07, 6.45) is 0. The average Bonchev–Trinajstić information content (AvgIpc) is 3.98. The van der Waals surface area contributed by atoms with Crippen LogP contribution in [-0.2, 0) is 0 Å². The maximum absolute atomic E-state index is 6.20. The maximum atomic E-state index is 6.20. The van der Waals surface area contributed by atoms with E-state index < -0.39 is 8.07 Å². The molecule has 69 heavy (non-hydrogen) atoms. The van der Waals surface area contributed by atoms with Crippen LogP contribution < -0.4 is 20.7 Å². The normalized spacial score (nSPS) is 11.8. The van der Waals surface area contributed by atoms with Gasteiger partial charge in [0.1, 0.15) is 11.2 Å². The summed E-state index contributed by atoms with van der Waals surface area (Å²) >= 11 is 0. The van der Waals surface area contributed by atoms with Crippen molar-refractivity contribution in [2.75, 3.05) is 0 Å². The fourth-order valence-electron chi connectivity index (χ4n) is 10.4. The van der Waals surface area contributed by atoms with Crippen LogP contribution in [0.4, 0.5) is 0 Å². The number of hydrogen-bond acceptors (Lipinski definition) is 4. The first kappa shape index (κ1) is 40.3. The van der Waals surface area contributed by atoms with Crippen LogP contribution >= 0.6 is 0 Å². The van der Waals surface area contributed by atoms with Crippen molar-refractivity contribution < 1.29 is 4.42 Å². The Morgan fingerprint density at radius 3 is 1.33 bits per heavy atom. The maximum Gasteiger partial charge on any atom is 0.179 e. The van der Waals surface area contributed by atoms with Crippen molar-refractivity contribution in [2.24, 2.45) is 0 Å². The van der Waals surface area contributed by atoms with Crippen LogP contribution in [0.2, 0.25) is 0 Å². The van der Waals surface area contributed by atoms with Crippen LogP contribution in [0.3, 0.4) is 0 Å². The molecule has 0 aliphatic carbocycles. The van der Waals surface area contributed by atoms with E-state index in [0.29, 0.717) is 17.5 Å². The van der Waals surface area contributed by atoms with Gasteiger partial charge in [-0.3, -0.25) is 0 Å². The van der Waals surface area contributed by atoms with Gasteiger partial charge in [0.25, 0.3) is 0 Å². The molecule has 0 bridgehead atoms. The molecule has 0 unspecified atom stereocenters. The molecule has 0 N–H and O–H groups in total. The molecule has 324 valence electrons. The summed E-state index contributed by atoms with van der Waals surface area (Å²) in [4.78, 5) is 16.1. The number of hydrogen-bond donors (Lipinski definition) is 0. The van der Waals surface area contributed by atoms with Gasteiger partial charge < -0.3 is 8.98 Å².